The molecule has 0 aliphatic carbocycles. The highest BCUT2D eigenvalue weighted by Crippen LogP contribution is 2.23. The second kappa shape index (κ2) is 9.14. The average Bonchev–Trinajstić information content (AvgIpc) is 2.90. The molecule has 0 aliphatic heterocycles. The summed E-state index contributed by atoms with van der Waals surface area (Å²) in [6.45, 7) is 1.51. The SMILES string of the molecule is CNC(=O)CCCc1nc2cc(N(CCCl)CCCl)ccc2n1C. The lowest BCUT2D eigenvalue weighted by Gasteiger charge is -2.22. The molecular formula is C17H24Cl2N4O. The summed E-state index contributed by atoms with van der Waals surface area (Å²) < 4.78 is 2.09. The molecule has 1 amide bonds. The second-order valence-electron chi connectivity index (χ2n) is 5.65. The van der Waals surface area contributed by atoms with Gasteiger partial charge in [-0.25, -0.2) is 4.98 Å². The number of anilines is 1. The molecule has 7 heteroatoms. The molecule has 2 rings (SSSR count). The number of aromatic nitrogens is 2. The van der Waals surface area contributed by atoms with Gasteiger partial charge in [-0.15, -0.1) is 23.2 Å². The Bertz CT molecular complexity index is 681. The van der Waals surface area contributed by atoms with Crippen molar-refractivity contribution in [2.75, 3.05) is 36.8 Å². The number of carbonyl (C=O) groups is 1. The number of rotatable bonds is 9. The molecule has 0 unspecified atom stereocenters. The fraction of sp³-hybridized carbons (Fsp3) is 0.529. The Morgan fingerprint density at radius 3 is 2.62 bits per heavy atom. The first-order valence-corrected chi connectivity index (χ1v) is 9.20. The van der Waals surface area contributed by atoms with Gasteiger partial charge in [-0.1, -0.05) is 0 Å². The molecule has 0 fully saturated rings. The van der Waals surface area contributed by atoms with Crippen molar-refractivity contribution in [3.63, 3.8) is 0 Å². The Morgan fingerprint density at radius 1 is 1.29 bits per heavy atom. The molecule has 0 bridgehead atoms. The van der Waals surface area contributed by atoms with E-state index in [1.807, 2.05) is 7.05 Å². The molecule has 24 heavy (non-hydrogen) atoms. The van der Waals surface area contributed by atoms with Crippen molar-refractivity contribution >= 4 is 45.8 Å². The lowest BCUT2D eigenvalue weighted by atomic mass is 10.2. The minimum absolute atomic E-state index is 0.0637. The van der Waals surface area contributed by atoms with E-state index in [4.69, 9.17) is 28.2 Å². The number of halogens is 2. The van der Waals surface area contributed by atoms with Gasteiger partial charge in [-0.3, -0.25) is 4.79 Å². The van der Waals surface area contributed by atoms with E-state index in [0.29, 0.717) is 18.2 Å². The smallest absolute Gasteiger partial charge is 0.219 e. The summed E-state index contributed by atoms with van der Waals surface area (Å²) in [6, 6.07) is 6.24. The molecule has 5 nitrogen and oxygen atoms in total. The Hall–Kier alpha value is -1.46. The third-order valence-electron chi connectivity index (χ3n) is 4.11. The minimum atomic E-state index is 0.0637. The zero-order valence-corrected chi connectivity index (χ0v) is 15.7. The van der Waals surface area contributed by atoms with Crippen LogP contribution in [-0.2, 0) is 18.3 Å². The van der Waals surface area contributed by atoms with E-state index in [1.165, 1.54) is 0 Å². The van der Waals surface area contributed by atoms with Crippen molar-refractivity contribution < 1.29 is 4.79 Å². The van der Waals surface area contributed by atoms with E-state index in [2.05, 4.69) is 33.0 Å². The summed E-state index contributed by atoms with van der Waals surface area (Å²) in [5, 5.41) is 2.64. The van der Waals surface area contributed by atoms with Crippen molar-refractivity contribution in [2.24, 2.45) is 7.05 Å². The minimum Gasteiger partial charge on any atom is -0.369 e. The van der Waals surface area contributed by atoms with E-state index < -0.39 is 0 Å². The molecule has 132 valence electrons. The Kier molecular flexibility index (Phi) is 7.18. The van der Waals surface area contributed by atoms with E-state index in [9.17, 15) is 4.79 Å². The fourth-order valence-corrected chi connectivity index (χ4v) is 3.17. The van der Waals surface area contributed by atoms with Crippen LogP contribution in [0.1, 0.15) is 18.7 Å². The summed E-state index contributed by atoms with van der Waals surface area (Å²) in [5.41, 5.74) is 3.13. The van der Waals surface area contributed by atoms with Crippen LogP contribution in [-0.4, -0.2) is 47.4 Å². The molecule has 1 aromatic carbocycles. The quantitative estimate of drug-likeness (QED) is 0.690. The lowest BCUT2D eigenvalue weighted by molar-refractivity contribution is -0.120. The van der Waals surface area contributed by atoms with Crippen LogP contribution in [0.4, 0.5) is 5.69 Å². The maximum absolute atomic E-state index is 11.3. The summed E-state index contributed by atoms with van der Waals surface area (Å²) in [5.74, 6) is 2.17. The van der Waals surface area contributed by atoms with Crippen LogP contribution < -0.4 is 10.2 Å². The molecule has 2 aromatic rings. The van der Waals surface area contributed by atoms with Gasteiger partial charge >= 0.3 is 0 Å². The molecule has 0 radical (unpaired) electrons. The van der Waals surface area contributed by atoms with E-state index in [-0.39, 0.29) is 5.91 Å². The highest BCUT2D eigenvalue weighted by atomic mass is 35.5. The van der Waals surface area contributed by atoms with Crippen molar-refractivity contribution in [3.05, 3.63) is 24.0 Å². The number of nitrogens with zero attached hydrogens (tertiary/aromatic N) is 3. The second-order valence-corrected chi connectivity index (χ2v) is 6.41. The van der Waals surface area contributed by atoms with Crippen molar-refractivity contribution in [1.29, 1.82) is 0 Å². The van der Waals surface area contributed by atoms with Crippen LogP contribution in [0.2, 0.25) is 0 Å². The third kappa shape index (κ3) is 4.54. The number of carbonyl (C=O) groups excluding carboxylic acids is 1. The number of benzene rings is 1. The molecule has 0 saturated heterocycles. The number of amides is 1. The lowest BCUT2D eigenvalue weighted by Crippen LogP contribution is -2.27. The van der Waals surface area contributed by atoms with Crippen LogP contribution in [0, 0.1) is 0 Å². The monoisotopic (exact) mass is 370 g/mol. The zero-order valence-electron chi connectivity index (χ0n) is 14.2. The van der Waals surface area contributed by atoms with Gasteiger partial charge < -0.3 is 14.8 Å². The largest absolute Gasteiger partial charge is 0.369 e. The van der Waals surface area contributed by atoms with Gasteiger partial charge in [-0.05, 0) is 24.6 Å². The number of imidazole rings is 1. The van der Waals surface area contributed by atoms with Gasteiger partial charge in [0.25, 0.3) is 0 Å². The first kappa shape index (κ1) is 18.9. The standard InChI is InChI=1S/C17H24Cl2N4O/c1-20-17(24)5-3-4-16-21-14-12-13(6-7-15(14)22(16)2)23(10-8-18)11-9-19/h6-7,12H,3-5,8-11H2,1-2H3,(H,20,24). The summed E-state index contributed by atoms with van der Waals surface area (Å²) in [6.07, 6.45) is 2.08. The van der Waals surface area contributed by atoms with E-state index in [0.717, 1.165) is 48.5 Å². The van der Waals surface area contributed by atoms with Gasteiger partial charge in [0.1, 0.15) is 5.82 Å². The first-order chi connectivity index (χ1) is 11.6. The molecule has 0 atom stereocenters. The van der Waals surface area contributed by atoms with Gasteiger partial charge in [0.2, 0.25) is 5.91 Å². The third-order valence-corrected chi connectivity index (χ3v) is 4.45. The Morgan fingerprint density at radius 2 is 2.00 bits per heavy atom. The number of aryl methyl sites for hydroxylation is 2. The Balaban J connectivity index is 2.18. The predicted molar refractivity (Wildman–Crippen MR) is 101 cm³/mol. The van der Waals surface area contributed by atoms with E-state index >= 15 is 0 Å². The van der Waals surface area contributed by atoms with Crippen molar-refractivity contribution in [3.8, 4) is 0 Å². The van der Waals surface area contributed by atoms with Crippen LogP contribution in [0.15, 0.2) is 18.2 Å². The van der Waals surface area contributed by atoms with Crippen LogP contribution in [0.5, 0.6) is 0 Å². The highest BCUT2D eigenvalue weighted by molar-refractivity contribution is 6.18. The number of hydrogen-bond acceptors (Lipinski definition) is 3. The molecule has 0 saturated carbocycles. The average molecular weight is 371 g/mol. The normalized spacial score (nSPS) is 11.0. The number of nitrogens with one attached hydrogen (secondary N) is 1. The maximum atomic E-state index is 11.3. The van der Waals surface area contributed by atoms with Gasteiger partial charge in [-0.2, -0.15) is 0 Å². The van der Waals surface area contributed by atoms with Crippen molar-refractivity contribution in [1.82, 2.24) is 14.9 Å². The molecule has 1 N–H and O–H groups in total. The predicted octanol–water partition coefficient (Wildman–Crippen LogP) is 2.93. The van der Waals surface area contributed by atoms with Crippen LogP contribution in [0.25, 0.3) is 11.0 Å². The number of hydrogen-bond donors (Lipinski definition) is 1. The molecule has 1 heterocycles. The molecule has 0 aliphatic rings. The topological polar surface area (TPSA) is 50.2 Å². The first-order valence-electron chi connectivity index (χ1n) is 8.13. The van der Waals surface area contributed by atoms with Crippen LogP contribution >= 0.6 is 23.2 Å². The Labute approximate surface area is 152 Å². The maximum Gasteiger partial charge on any atom is 0.219 e. The van der Waals surface area contributed by atoms with Gasteiger partial charge in [0, 0.05) is 57.5 Å². The van der Waals surface area contributed by atoms with Gasteiger partial charge in [0.15, 0.2) is 0 Å². The summed E-state index contributed by atoms with van der Waals surface area (Å²) >= 11 is 11.8. The van der Waals surface area contributed by atoms with Crippen molar-refractivity contribution in [2.45, 2.75) is 19.3 Å². The number of alkyl halides is 2. The summed E-state index contributed by atoms with van der Waals surface area (Å²) in [4.78, 5) is 18.2. The summed E-state index contributed by atoms with van der Waals surface area (Å²) in [7, 11) is 3.67. The number of fused-ring (bicyclic) bond motifs is 1. The molecule has 1 aromatic heterocycles. The van der Waals surface area contributed by atoms with E-state index in [1.54, 1.807) is 7.05 Å². The highest BCUT2D eigenvalue weighted by Gasteiger charge is 2.12. The zero-order chi connectivity index (χ0) is 17.5. The molecular weight excluding hydrogens is 347 g/mol. The fourth-order valence-electron chi connectivity index (χ4n) is 2.76. The van der Waals surface area contributed by atoms with Gasteiger partial charge in [0.05, 0.1) is 11.0 Å². The van der Waals surface area contributed by atoms with Crippen LogP contribution in [0.3, 0.4) is 0 Å². The molecule has 0 spiro atoms.